The maximum absolute atomic E-state index is 3.90. The number of hydrogen-bond donors (Lipinski definition) is 0. The van der Waals surface area contributed by atoms with Crippen LogP contribution in [0.25, 0.3) is 0 Å². The summed E-state index contributed by atoms with van der Waals surface area (Å²) in [6.45, 7) is 5.52. The van der Waals surface area contributed by atoms with Gasteiger partial charge in [-0.25, -0.2) is 0 Å². The van der Waals surface area contributed by atoms with Crippen LogP contribution in [0.4, 0.5) is 5.13 Å². The van der Waals surface area contributed by atoms with Crippen LogP contribution in [0.5, 0.6) is 0 Å². The van der Waals surface area contributed by atoms with E-state index in [2.05, 4.69) is 33.5 Å². The van der Waals surface area contributed by atoms with Gasteiger partial charge >= 0.3 is 0 Å². The van der Waals surface area contributed by atoms with Crippen LogP contribution in [0, 0.1) is 5.92 Å². The zero-order chi connectivity index (χ0) is 9.68. The fourth-order valence-corrected chi connectivity index (χ4v) is 1.56. The predicted octanol–water partition coefficient (Wildman–Crippen LogP) is 1.81. The van der Waals surface area contributed by atoms with Crippen molar-refractivity contribution in [3.05, 3.63) is 0 Å². The van der Waals surface area contributed by atoms with E-state index in [0.717, 1.165) is 17.6 Å². The van der Waals surface area contributed by atoms with Crippen LogP contribution in [-0.4, -0.2) is 28.4 Å². The first kappa shape index (κ1) is 10.4. The smallest absolute Gasteiger partial charge is 0.227 e. The quantitative estimate of drug-likeness (QED) is 0.727. The van der Waals surface area contributed by atoms with Crippen molar-refractivity contribution in [3.63, 3.8) is 0 Å². The van der Waals surface area contributed by atoms with Crippen molar-refractivity contribution in [1.29, 1.82) is 0 Å². The molecule has 74 valence electrons. The molecule has 0 N–H and O–H groups in total. The summed E-state index contributed by atoms with van der Waals surface area (Å²) in [6.07, 6.45) is 2.46. The summed E-state index contributed by atoms with van der Waals surface area (Å²) >= 11 is 1.34. The van der Waals surface area contributed by atoms with Gasteiger partial charge < -0.3 is 4.90 Å². The van der Waals surface area contributed by atoms with Crippen molar-refractivity contribution in [3.8, 4) is 0 Å². The normalized spacial score (nSPS) is 10.8. The number of nitrogens with zero attached hydrogens (tertiary/aromatic N) is 4. The Bertz CT molecular complexity index is 222. The van der Waals surface area contributed by atoms with E-state index < -0.39 is 0 Å². The predicted molar refractivity (Wildman–Crippen MR) is 55.0 cm³/mol. The van der Waals surface area contributed by atoms with Crippen LogP contribution >= 0.6 is 11.5 Å². The van der Waals surface area contributed by atoms with E-state index in [1.807, 2.05) is 7.05 Å². The Balaban J connectivity index is 2.22. The van der Waals surface area contributed by atoms with E-state index in [9.17, 15) is 0 Å². The largest absolute Gasteiger partial charge is 0.348 e. The minimum absolute atomic E-state index is 0.779. The Hall–Kier alpha value is -0.710. The second kappa shape index (κ2) is 5.11. The molecule has 1 heterocycles. The second-order valence-electron chi connectivity index (χ2n) is 3.60. The van der Waals surface area contributed by atoms with E-state index in [4.69, 9.17) is 0 Å². The molecule has 13 heavy (non-hydrogen) atoms. The molecule has 0 unspecified atom stereocenters. The van der Waals surface area contributed by atoms with Crippen LogP contribution in [0.3, 0.4) is 0 Å². The Kier molecular flexibility index (Phi) is 4.08. The highest BCUT2D eigenvalue weighted by molar-refractivity contribution is 7.09. The standard InChI is InChI=1S/C8H16N4S/c1-7(2)5-4-6-12(3)8-9-10-11-13-8/h7H,4-6H2,1-3H3. The first-order valence-corrected chi connectivity index (χ1v) is 5.33. The van der Waals surface area contributed by atoms with Crippen molar-refractivity contribution >= 4 is 16.7 Å². The van der Waals surface area contributed by atoms with Gasteiger partial charge in [-0.2, -0.15) is 0 Å². The summed E-state index contributed by atoms with van der Waals surface area (Å²) in [6, 6.07) is 0. The molecule has 0 aliphatic carbocycles. The summed E-state index contributed by atoms with van der Waals surface area (Å²) in [7, 11) is 2.03. The number of aromatic nitrogens is 3. The first-order valence-electron chi connectivity index (χ1n) is 4.56. The fourth-order valence-electron chi connectivity index (χ4n) is 1.11. The third-order valence-corrected chi connectivity index (χ3v) is 2.60. The average Bonchev–Trinajstić information content (AvgIpc) is 2.55. The molecule has 1 aromatic rings. The van der Waals surface area contributed by atoms with Gasteiger partial charge in [-0.05, 0) is 24.0 Å². The molecule has 0 bridgehead atoms. The summed E-state index contributed by atoms with van der Waals surface area (Å²) < 4.78 is 3.73. The maximum atomic E-state index is 3.90. The Labute approximate surface area is 83.1 Å². The zero-order valence-electron chi connectivity index (χ0n) is 8.40. The maximum Gasteiger partial charge on any atom is 0.227 e. The van der Waals surface area contributed by atoms with E-state index in [1.54, 1.807) is 0 Å². The lowest BCUT2D eigenvalue weighted by molar-refractivity contribution is 0.555. The van der Waals surface area contributed by atoms with Crippen LogP contribution in [0.2, 0.25) is 0 Å². The SMILES string of the molecule is CC(C)CCCN(C)c1nnns1. The minimum atomic E-state index is 0.779. The molecule has 0 amide bonds. The average molecular weight is 200 g/mol. The van der Waals surface area contributed by atoms with Gasteiger partial charge in [0.1, 0.15) is 0 Å². The van der Waals surface area contributed by atoms with Crippen LogP contribution in [0.1, 0.15) is 26.7 Å². The third kappa shape index (κ3) is 3.67. The van der Waals surface area contributed by atoms with Gasteiger partial charge in [0.15, 0.2) is 0 Å². The minimum Gasteiger partial charge on any atom is -0.348 e. The van der Waals surface area contributed by atoms with Crippen LogP contribution < -0.4 is 4.90 Å². The van der Waals surface area contributed by atoms with Gasteiger partial charge in [0.25, 0.3) is 0 Å². The van der Waals surface area contributed by atoms with E-state index in [0.29, 0.717) is 0 Å². The molecule has 0 fully saturated rings. The summed E-state index contributed by atoms with van der Waals surface area (Å²) in [5.74, 6) is 0.779. The highest BCUT2D eigenvalue weighted by Crippen LogP contribution is 2.12. The Morgan fingerprint density at radius 2 is 2.23 bits per heavy atom. The highest BCUT2D eigenvalue weighted by atomic mass is 32.1. The highest BCUT2D eigenvalue weighted by Gasteiger charge is 2.04. The van der Waals surface area contributed by atoms with Crippen molar-refractivity contribution in [1.82, 2.24) is 14.8 Å². The number of rotatable bonds is 5. The lowest BCUT2D eigenvalue weighted by Crippen LogP contribution is -2.18. The molecular formula is C8H16N4S. The van der Waals surface area contributed by atoms with Gasteiger partial charge in [-0.15, -0.1) is 0 Å². The molecule has 5 heteroatoms. The van der Waals surface area contributed by atoms with E-state index in [-0.39, 0.29) is 0 Å². The van der Waals surface area contributed by atoms with Gasteiger partial charge in [0, 0.05) is 25.1 Å². The molecule has 0 aromatic carbocycles. The third-order valence-electron chi connectivity index (χ3n) is 1.89. The molecule has 4 nitrogen and oxygen atoms in total. The molecular weight excluding hydrogens is 184 g/mol. The number of anilines is 1. The molecule has 0 radical (unpaired) electrons. The Morgan fingerprint density at radius 3 is 2.77 bits per heavy atom. The van der Waals surface area contributed by atoms with Crippen molar-refractivity contribution in [2.75, 3.05) is 18.5 Å². The molecule has 0 atom stereocenters. The van der Waals surface area contributed by atoms with Crippen molar-refractivity contribution < 1.29 is 0 Å². The lowest BCUT2D eigenvalue weighted by atomic mass is 10.1. The van der Waals surface area contributed by atoms with Crippen molar-refractivity contribution in [2.24, 2.45) is 5.92 Å². The lowest BCUT2D eigenvalue weighted by Gasteiger charge is -2.14. The fraction of sp³-hybridized carbons (Fsp3) is 0.875. The summed E-state index contributed by atoms with van der Waals surface area (Å²) in [4.78, 5) is 2.10. The van der Waals surface area contributed by atoms with Gasteiger partial charge in [-0.1, -0.05) is 23.4 Å². The van der Waals surface area contributed by atoms with Crippen LogP contribution in [0.15, 0.2) is 0 Å². The first-order chi connectivity index (χ1) is 6.20. The second-order valence-corrected chi connectivity index (χ2v) is 4.31. The van der Waals surface area contributed by atoms with Crippen LogP contribution in [-0.2, 0) is 0 Å². The van der Waals surface area contributed by atoms with Gasteiger partial charge in [0.2, 0.25) is 5.13 Å². The van der Waals surface area contributed by atoms with E-state index >= 15 is 0 Å². The van der Waals surface area contributed by atoms with Gasteiger partial charge in [-0.3, -0.25) is 0 Å². The zero-order valence-corrected chi connectivity index (χ0v) is 9.21. The van der Waals surface area contributed by atoms with Gasteiger partial charge in [0.05, 0.1) is 0 Å². The molecule has 0 aliphatic heterocycles. The van der Waals surface area contributed by atoms with Crippen molar-refractivity contribution in [2.45, 2.75) is 26.7 Å². The number of hydrogen-bond acceptors (Lipinski definition) is 5. The topological polar surface area (TPSA) is 41.9 Å². The molecule has 1 rings (SSSR count). The Morgan fingerprint density at radius 1 is 1.46 bits per heavy atom. The molecule has 0 spiro atoms. The molecule has 0 saturated carbocycles. The van der Waals surface area contributed by atoms with E-state index in [1.165, 1.54) is 24.4 Å². The molecule has 1 aromatic heterocycles. The molecule has 0 aliphatic rings. The monoisotopic (exact) mass is 200 g/mol. The summed E-state index contributed by atoms with van der Waals surface area (Å²) in [5.41, 5.74) is 0. The molecule has 0 saturated heterocycles. The summed E-state index contributed by atoms with van der Waals surface area (Å²) in [5, 5.41) is 8.37.